The van der Waals surface area contributed by atoms with E-state index in [1.165, 1.54) is 0 Å². The van der Waals surface area contributed by atoms with Crippen LogP contribution >= 0.6 is 0 Å². The summed E-state index contributed by atoms with van der Waals surface area (Å²) in [6, 6.07) is 0.0195. The molecule has 7 heteroatoms. The molecule has 0 aliphatic rings. The minimum absolute atomic E-state index is 0.0195. The summed E-state index contributed by atoms with van der Waals surface area (Å²) in [5.41, 5.74) is 1.45. The summed E-state index contributed by atoms with van der Waals surface area (Å²) < 4.78 is 9.95. The highest BCUT2D eigenvalue weighted by molar-refractivity contribution is 5.99. The summed E-state index contributed by atoms with van der Waals surface area (Å²) in [5, 5.41) is 2.70. The number of amides is 1. The van der Waals surface area contributed by atoms with E-state index in [1.54, 1.807) is 20.8 Å². The molecule has 2 N–H and O–H groups in total. The predicted molar refractivity (Wildman–Crippen MR) is 84.4 cm³/mol. The summed E-state index contributed by atoms with van der Waals surface area (Å²) in [6.45, 7) is 8.70. The van der Waals surface area contributed by atoms with Gasteiger partial charge in [0.25, 0.3) is 5.91 Å². The highest BCUT2D eigenvalue weighted by Crippen LogP contribution is 2.19. The number of rotatable bonds is 7. The molecule has 23 heavy (non-hydrogen) atoms. The van der Waals surface area contributed by atoms with Gasteiger partial charge in [-0.15, -0.1) is 0 Å². The van der Waals surface area contributed by atoms with Crippen molar-refractivity contribution in [3.63, 3.8) is 0 Å². The Morgan fingerprint density at radius 2 is 1.78 bits per heavy atom. The summed E-state index contributed by atoms with van der Waals surface area (Å²) in [4.78, 5) is 38.4. The molecule has 1 amide bonds. The molecule has 1 atom stereocenters. The van der Waals surface area contributed by atoms with Crippen molar-refractivity contribution in [2.45, 2.75) is 47.1 Å². The van der Waals surface area contributed by atoms with E-state index < -0.39 is 11.9 Å². The van der Waals surface area contributed by atoms with Gasteiger partial charge >= 0.3 is 11.9 Å². The number of carbonyl (C=O) groups excluding carboxylic acids is 3. The Bertz CT molecular complexity index is 592. The average molecular weight is 324 g/mol. The molecule has 1 aromatic heterocycles. The molecule has 128 valence electrons. The molecule has 0 aliphatic carbocycles. The lowest BCUT2D eigenvalue weighted by Gasteiger charge is -2.11. The molecule has 0 aliphatic heterocycles. The Balaban J connectivity index is 2.76. The van der Waals surface area contributed by atoms with Gasteiger partial charge in [0.2, 0.25) is 0 Å². The highest BCUT2D eigenvalue weighted by Gasteiger charge is 2.24. The third-order valence-corrected chi connectivity index (χ3v) is 3.48. The maximum atomic E-state index is 12.1. The zero-order chi connectivity index (χ0) is 17.6. The van der Waals surface area contributed by atoms with Gasteiger partial charge < -0.3 is 19.8 Å². The quantitative estimate of drug-likeness (QED) is 0.746. The number of hydrogen-bond acceptors (Lipinski definition) is 5. The summed E-state index contributed by atoms with van der Waals surface area (Å²) >= 11 is 0. The lowest BCUT2D eigenvalue weighted by molar-refractivity contribution is -0.124. The van der Waals surface area contributed by atoms with Gasteiger partial charge in [-0.25, -0.2) is 9.59 Å². The normalized spacial score (nSPS) is 11.7. The monoisotopic (exact) mass is 324 g/mol. The number of aryl methyl sites for hydroxylation is 1. The molecule has 1 unspecified atom stereocenters. The van der Waals surface area contributed by atoms with Crippen molar-refractivity contribution in [3.05, 3.63) is 22.5 Å². The molecule has 0 saturated heterocycles. The molecular formula is C16H24N2O5. The van der Waals surface area contributed by atoms with Crippen LogP contribution in [0.4, 0.5) is 0 Å². The van der Waals surface area contributed by atoms with Crippen molar-refractivity contribution in [1.29, 1.82) is 0 Å². The molecule has 1 heterocycles. The van der Waals surface area contributed by atoms with Gasteiger partial charge in [-0.2, -0.15) is 0 Å². The number of ether oxygens (including phenoxy) is 2. The van der Waals surface area contributed by atoms with E-state index in [2.05, 4.69) is 10.3 Å². The van der Waals surface area contributed by atoms with Gasteiger partial charge in [0.05, 0.1) is 12.2 Å². The number of nitrogens with one attached hydrogen (secondary N) is 2. The third-order valence-electron chi connectivity index (χ3n) is 3.48. The Labute approximate surface area is 135 Å². The lowest BCUT2D eigenvalue weighted by Crippen LogP contribution is -2.35. The predicted octanol–water partition coefficient (Wildman–Crippen LogP) is 1.88. The smallest absolute Gasteiger partial charge is 0.355 e. The maximum absolute atomic E-state index is 12.1. The fourth-order valence-corrected chi connectivity index (χ4v) is 2.09. The molecular weight excluding hydrogens is 300 g/mol. The highest BCUT2D eigenvalue weighted by atomic mass is 16.5. The lowest BCUT2D eigenvalue weighted by atomic mass is 10.1. The van der Waals surface area contributed by atoms with Gasteiger partial charge in [0, 0.05) is 11.7 Å². The van der Waals surface area contributed by atoms with Crippen molar-refractivity contribution >= 4 is 17.8 Å². The number of H-pyrrole nitrogens is 1. The third kappa shape index (κ3) is 4.84. The fraction of sp³-hybridized carbons (Fsp3) is 0.562. The van der Waals surface area contributed by atoms with E-state index in [1.807, 2.05) is 13.8 Å². The first kappa shape index (κ1) is 18.7. The average Bonchev–Trinajstić information content (AvgIpc) is 2.79. The first-order valence-electron chi connectivity index (χ1n) is 7.64. The standard InChI is InChI=1S/C16H24N2O5/c1-6-9(3)17-12(19)8-23-16(21)14-10(4)13(11(5)18-14)15(20)22-7-2/h9,18H,6-8H2,1-5H3,(H,17,19). The van der Waals surface area contributed by atoms with Crippen LogP contribution in [0.3, 0.4) is 0 Å². The zero-order valence-electron chi connectivity index (χ0n) is 14.2. The van der Waals surface area contributed by atoms with Crippen LogP contribution in [-0.2, 0) is 14.3 Å². The summed E-state index contributed by atoms with van der Waals surface area (Å²) in [6.07, 6.45) is 0.789. The van der Waals surface area contributed by atoms with Crippen LogP contribution in [0.15, 0.2) is 0 Å². The molecule has 0 aromatic carbocycles. The minimum Gasteiger partial charge on any atom is -0.462 e. The van der Waals surface area contributed by atoms with Gasteiger partial charge in [-0.05, 0) is 39.7 Å². The van der Waals surface area contributed by atoms with Crippen molar-refractivity contribution in [2.24, 2.45) is 0 Å². The largest absolute Gasteiger partial charge is 0.462 e. The molecule has 7 nitrogen and oxygen atoms in total. The minimum atomic E-state index is -0.680. The molecule has 0 bridgehead atoms. The fourth-order valence-electron chi connectivity index (χ4n) is 2.09. The Morgan fingerprint density at radius 1 is 1.13 bits per heavy atom. The van der Waals surface area contributed by atoms with E-state index in [0.29, 0.717) is 16.8 Å². The Morgan fingerprint density at radius 3 is 2.35 bits per heavy atom. The summed E-state index contributed by atoms with van der Waals surface area (Å²) in [7, 11) is 0. The van der Waals surface area contributed by atoms with E-state index in [-0.39, 0.29) is 30.9 Å². The number of hydrogen-bond donors (Lipinski definition) is 2. The molecule has 0 saturated carbocycles. The van der Waals surface area contributed by atoms with Crippen molar-refractivity contribution in [1.82, 2.24) is 10.3 Å². The molecule has 0 fully saturated rings. The van der Waals surface area contributed by atoms with Crippen LogP contribution in [0, 0.1) is 13.8 Å². The second-order valence-corrected chi connectivity index (χ2v) is 5.30. The molecule has 1 rings (SSSR count). The van der Waals surface area contributed by atoms with Crippen LogP contribution in [0.25, 0.3) is 0 Å². The molecule has 0 radical (unpaired) electrons. The van der Waals surface area contributed by atoms with Crippen LogP contribution in [0.5, 0.6) is 0 Å². The van der Waals surface area contributed by atoms with Gasteiger partial charge in [-0.1, -0.05) is 6.92 Å². The van der Waals surface area contributed by atoms with E-state index in [0.717, 1.165) is 6.42 Å². The van der Waals surface area contributed by atoms with Crippen LogP contribution in [-0.4, -0.2) is 42.1 Å². The first-order valence-corrected chi connectivity index (χ1v) is 7.64. The topological polar surface area (TPSA) is 97.5 Å². The molecule has 1 aromatic rings. The molecule has 0 spiro atoms. The number of aromatic nitrogens is 1. The van der Waals surface area contributed by atoms with E-state index in [4.69, 9.17) is 9.47 Å². The zero-order valence-corrected chi connectivity index (χ0v) is 14.2. The second kappa shape index (κ2) is 8.36. The van der Waals surface area contributed by atoms with Crippen LogP contribution < -0.4 is 5.32 Å². The van der Waals surface area contributed by atoms with E-state index in [9.17, 15) is 14.4 Å². The Kier molecular flexibility index (Phi) is 6.81. The van der Waals surface area contributed by atoms with E-state index >= 15 is 0 Å². The number of carbonyl (C=O) groups is 3. The van der Waals surface area contributed by atoms with Gasteiger partial charge in [0.1, 0.15) is 5.69 Å². The van der Waals surface area contributed by atoms with Crippen molar-refractivity contribution in [2.75, 3.05) is 13.2 Å². The first-order chi connectivity index (χ1) is 10.8. The number of aromatic amines is 1. The number of esters is 2. The van der Waals surface area contributed by atoms with Crippen molar-refractivity contribution in [3.8, 4) is 0 Å². The SMILES string of the molecule is CCOC(=O)c1c(C)[nH]c(C(=O)OCC(=O)NC(C)CC)c1C. The maximum Gasteiger partial charge on any atom is 0.355 e. The van der Waals surface area contributed by atoms with Crippen LogP contribution in [0.2, 0.25) is 0 Å². The second-order valence-electron chi connectivity index (χ2n) is 5.30. The Hall–Kier alpha value is -2.31. The van der Waals surface area contributed by atoms with Crippen LogP contribution in [0.1, 0.15) is 59.3 Å². The van der Waals surface area contributed by atoms with Crippen molar-refractivity contribution < 1.29 is 23.9 Å². The van der Waals surface area contributed by atoms with Gasteiger partial charge in [0.15, 0.2) is 6.61 Å². The summed E-state index contributed by atoms with van der Waals surface area (Å²) in [5.74, 6) is -1.54. The van der Waals surface area contributed by atoms with Gasteiger partial charge in [-0.3, -0.25) is 4.79 Å².